The molecule has 0 aliphatic heterocycles. The fraction of sp³-hybridized carbons (Fsp3) is 0.933. The van der Waals surface area contributed by atoms with Crippen molar-refractivity contribution >= 4 is 17.2 Å². The topological polar surface area (TPSA) is 29.3 Å². The summed E-state index contributed by atoms with van der Waals surface area (Å²) in [5.41, 5.74) is 5.78. The average Bonchev–Trinajstić information content (AvgIpc) is 2.28. The van der Waals surface area contributed by atoms with Gasteiger partial charge in [0.25, 0.3) is 0 Å². The summed E-state index contributed by atoms with van der Waals surface area (Å²) in [7, 11) is 2.27. The summed E-state index contributed by atoms with van der Waals surface area (Å²) in [6.45, 7) is 7.86. The second-order valence-electron chi connectivity index (χ2n) is 6.76. The predicted octanol–water partition coefficient (Wildman–Crippen LogP) is 3.59. The molecular formula is C15H30N2S. The molecule has 1 aliphatic rings. The molecule has 1 aliphatic carbocycles. The van der Waals surface area contributed by atoms with Crippen molar-refractivity contribution in [3.05, 3.63) is 0 Å². The lowest BCUT2D eigenvalue weighted by Gasteiger charge is -2.34. The van der Waals surface area contributed by atoms with Crippen molar-refractivity contribution in [2.45, 2.75) is 65.3 Å². The van der Waals surface area contributed by atoms with Gasteiger partial charge >= 0.3 is 0 Å². The lowest BCUT2D eigenvalue weighted by Crippen LogP contribution is -2.37. The molecule has 2 unspecified atom stereocenters. The molecular weight excluding hydrogens is 240 g/mol. The van der Waals surface area contributed by atoms with Crippen LogP contribution in [0.5, 0.6) is 0 Å². The number of hydrogen-bond acceptors (Lipinski definition) is 2. The third-order valence-electron chi connectivity index (χ3n) is 4.51. The molecule has 18 heavy (non-hydrogen) atoms. The highest BCUT2D eigenvalue weighted by Gasteiger charge is 2.24. The highest BCUT2D eigenvalue weighted by Crippen LogP contribution is 2.28. The van der Waals surface area contributed by atoms with E-state index in [0.717, 1.165) is 18.4 Å². The van der Waals surface area contributed by atoms with E-state index in [4.69, 9.17) is 18.0 Å². The monoisotopic (exact) mass is 270 g/mol. The van der Waals surface area contributed by atoms with Gasteiger partial charge in [-0.1, -0.05) is 45.8 Å². The van der Waals surface area contributed by atoms with Crippen LogP contribution in [-0.4, -0.2) is 29.5 Å². The van der Waals surface area contributed by atoms with Gasteiger partial charge in [0.1, 0.15) is 0 Å². The molecule has 0 radical (unpaired) electrons. The number of thiocarbonyl (C=S) groups is 1. The molecule has 0 saturated heterocycles. The summed E-state index contributed by atoms with van der Waals surface area (Å²) >= 11 is 5.12. The molecule has 106 valence electrons. The van der Waals surface area contributed by atoms with Crippen LogP contribution >= 0.6 is 12.2 Å². The molecule has 0 aromatic carbocycles. The Morgan fingerprint density at radius 2 is 2.06 bits per heavy atom. The molecule has 0 heterocycles. The Morgan fingerprint density at radius 1 is 1.39 bits per heavy atom. The number of rotatable bonds is 6. The van der Waals surface area contributed by atoms with Crippen LogP contribution in [0.2, 0.25) is 0 Å². The number of hydrogen-bond donors (Lipinski definition) is 1. The molecule has 2 N–H and O–H groups in total. The maximum atomic E-state index is 5.77. The first kappa shape index (κ1) is 15.9. The number of nitrogens with two attached hydrogens (primary N) is 1. The molecule has 1 saturated carbocycles. The second-order valence-corrected chi connectivity index (χ2v) is 7.20. The van der Waals surface area contributed by atoms with Crippen LogP contribution in [0.3, 0.4) is 0 Å². The van der Waals surface area contributed by atoms with E-state index in [0.29, 0.717) is 4.99 Å². The van der Waals surface area contributed by atoms with Crippen molar-refractivity contribution < 1.29 is 0 Å². The summed E-state index contributed by atoms with van der Waals surface area (Å²) in [5, 5.41) is 0. The molecule has 3 heteroatoms. The minimum atomic E-state index is 0.00995. The van der Waals surface area contributed by atoms with Crippen molar-refractivity contribution in [3.8, 4) is 0 Å². The van der Waals surface area contributed by atoms with E-state index in [-0.39, 0.29) is 5.41 Å². The van der Waals surface area contributed by atoms with E-state index < -0.39 is 0 Å². The minimum absolute atomic E-state index is 0.00995. The van der Waals surface area contributed by atoms with Crippen LogP contribution in [0.1, 0.15) is 59.3 Å². The van der Waals surface area contributed by atoms with Crippen LogP contribution < -0.4 is 5.73 Å². The summed E-state index contributed by atoms with van der Waals surface area (Å²) in [4.78, 5) is 3.20. The molecule has 2 atom stereocenters. The molecule has 2 nitrogen and oxygen atoms in total. The number of nitrogens with zero attached hydrogens (tertiary/aromatic N) is 1. The summed E-state index contributed by atoms with van der Waals surface area (Å²) in [5.74, 6) is 0.902. The maximum Gasteiger partial charge on any atom is 0.0784 e. The minimum Gasteiger partial charge on any atom is -0.393 e. The third kappa shape index (κ3) is 4.85. The van der Waals surface area contributed by atoms with Gasteiger partial charge in [-0.05, 0) is 45.2 Å². The van der Waals surface area contributed by atoms with Gasteiger partial charge in [-0.2, -0.15) is 0 Å². The largest absolute Gasteiger partial charge is 0.393 e. The van der Waals surface area contributed by atoms with Crippen LogP contribution in [-0.2, 0) is 0 Å². The maximum absolute atomic E-state index is 5.77. The first-order valence-electron chi connectivity index (χ1n) is 7.33. The Balaban J connectivity index is 2.28. The Bertz CT molecular complexity index is 276. The van der Waals surface area contributed by atoms with Gasteiger partial charge in [-0.25, -0.2) is 0 Å². The zero-order valence-electron chi connectivity index (χ0n) is 12.5. The van der Waals surface area contributed by atoms with Gasteiger partial charge in [0.05, 0.1) is 4.99 Å². The SMILES string of the molecule is CC1CCCC(N(C)CCCC(C)(C)C(N)=S)C1. The Kier molecular flexibility index (Phi) is 6.06. The van der Waals surface area contributed by atoms with E-state index in [1.165, 1.54) is 38.6 Å². The van der Waals surface area contributed by atoms with Crippen LogP contribution in [0, 0.1) is 11.3 Å². The zero-order valence-corrected chi connectivity index (χ0v) is 13.4. The van der Waals surface area contributed by atoms with Gasteiger partial charge in [0, 0.05) is 11.5 Å². The van der Waals surface area contributed by atoms with E-state index in [9.17, 15) is 0 Å². The molecule has 1 rings (SSSR count). The summed E-state index contributed by atoms with van der Waals surface area (Å²) in [6, 6.07) is 0.793. The van der Waals surface area contributed by atoms with E-state index in [1.807, 2.05) is 0 Å². The van der Waals surface area contributed by atoms with Gasteiger partial charge in [-0.15, -0.1) is 0 Å². The smallest absolute Gasteiger partial charge is 0.0784 e. The first-order valence-corrected chi connectivity index (χ1v) is 7.74. The van der Waals surface area contributed by atoms with Crippen LogP contribution in [0.25, 0.3) is 0 Å². The van der Waals surface area contributed by atoms with Gasteiger partial charge in [0.15, 0.2) is 0 Å². The van der Waals surface area contributed by atoms with Crippen molar-refractivity contribution in [1.82, 2.24) is 4.90 Å². The van der Waals surface area contributed by atoms with E-state index in [1.54, 1.807) is 0 Å². The van der Waals surface area contributed by atoms with Crippen LogP contribution in [0.15, 0.2) is 0 Å². The highest BCUT2D eigenvalue weighted by atomic mass is 32.1. The van der Waals surface area contributed by atoms with Gasteiger partial charge in [0.2, 0.25) is 0 Å². The zero-order chi connectivity index (χ0) is 13.8. The quantitative estimate of drug-likeness (QED) is 0.748. The molecule has 0 aromatic heterocycles. The van der Waals surface area contributed by atoms with E-state index in [2.05, 4.69) is 32.7 Å². The average molecular weight is 270 g/mol. The molecule has 0 aromatic rings. The molecule has 0 bridgehead atoms. The first-order chi connectivity index (χ1) is 8.33. The standard InChI is InChI=1S/C15H30N2S/c1-12-7-5-8-13(11-12)17(4)10-6-9-15(2,3)14(16)18/h12-13H,5-11H2,1-4H3,(H2,16,18). The lowest BCUT2D eigenvalue weighted by molar-refractivity contribution is 0.159. The van der Waals surface area contributed by atoms with Gasteiger partial charge in [-0.3, -0.25) is 0 Å². The fourth-order valence-corrected chi connectivity index (χ4v) is 2.98. The summed E-state index contributed by atoms with van der Waals surface area (Å²) in [6.07, 6.45) is 7.84. The normalized spacial score (nSPS) is 25.4. The van der Waals surface area contributed by atoms with Gasteiger partial charge < -0.3 is 10.6 Å². The highest BCUT2D eigenvalue weighted by molar-refractivity contribution is 7.80. The van der Waals surface area contributed by atoms with Crippen molar-refractivity contribution in [1.29, 1.82) is 0 Å². The Hall–Kier alpha value is -0.150. The van der Waals surface area contributed by atoms with E-state index >= 15 is 0 Å². The second kappa shape index (κ2) is 6.85. The lowest BCUT2D eigenvalue weighted by atomic mass is 9.85. The molecule has 1 fully saturated rings. The van der Waals surface area contributed by atoms with Crippen molar-refractivity contribution in [2.75, 3.05) is 13.6 Å². The Morgan fingerprint density at radius 3 is 2.61 bits per heavy atom. The van der Waals surface area contributed by atoms with Crippen LogP contribution in [0.4, 0.5) is 0 Å². The van der Waals surface area contributed by atoms with Crippen molar-refractivity contribution in [2.24, 2.45) is 17.1 Å². The fourth-order valence-electron chi connectivity index (χ4n) is 2.88. The van der Waals surface area contributed by atoms with Crippen molar-refractivity contribution in [3.63, 3.8) is 0 Å². The Labute approximate surface area is 118 Å². The third-order valence-corrected chi connectivity index (χ3v) is 5.06. The summed E-state index contributed by atoms with van der Waals surface area (Å²) < 4.78 is 0. The predicted molar refractivity (Wildman–Crippen MR) is 83.9 cm³/mol. The molecule has 0 spiro atoms. The molecule has 0 amide bonds.